The van der Waals surface area contributed by atoms with Gasteiger partial charge in [0.15, 0.2) is 5.13 Å². The number of hydrogen-bond donors (Lipinski definition) is 0. The second-order valence-electron chi connectivity index (χ2n) is 9.59. The maximum atomic E-state index is 13.8. The summed E-state index contributed by atoms with van der Waals surface area (Å²) in [6.45, 7) is 4.68. The Balaban J connectivity index is 1.44. The van der Waals surface area contributed by atoms with Crippen LogP contribution in [0.1, 0.15) is 47.0 Å². The number of furan rings is 1. The standard InChI is InChI=1S/C30H29N3O4S2/c1-21(2)26-12-7-13-27-28(26)31-30(38-27)33(20-24-11-8-18-37-24)29(34)23-14-16-25(17-15-23)39(35,36)32(3)19-22-9-5-4-6-10-22/h4-18,21H,19-20H2,1-3H3. The highest BCUT2D eigenvalue weighted by molar-refractivity contribution is 7.89. The van der Waals surface area contributed by atoms with Crippen molar-refractivity contribution in [1.82, 2.24) is 9.29 Å². The molecule has 0 radical (unpaired) electrons. The quantitative estimate of drug-likeness (QED) is 0.201. The van der Waals surface area contributed by atoms with E-state index in [0.717, 1.165) is 21.3 Å². The highest BCUT2D eigenvalue weighted by Crippen LogP contribution is 2.35. The highest BCUT2D eigenvalue weighted by Gasteiger charge is 2.26. The van der Waals surface area contributed by atoms with Gasteiger partial charge in [-0.1, -0.05) is 67.6 Å². The van der Waals surface area contributed by atoms with Crippen molar-refractivity contribution in [2.24, 2.45) is 0 Å². The number of hydrogen-bond acceptors (Lipinski definition) is 6. The smallest absolute Gasteiger partial charge is 0.260 e. The monoisotopic (exact) mass is 559 g/mol. The maximum Gasteiger partial charge on any atom is 0.260 e. The zero-order valence-electron chi connectivity index (χ0n) is 21.9. The van der Waals surface area contributed by atoms with Crippen molar-refractivity contribution in [3.05, 3.63) is 114 Å². The van der Waals surface area contributed by atoms with E-state index in [9.17, 15) is 13.2 Å². The molecule has 200 valence electrons. The maximum absolute atomic E-state index is 13.8. The molecule has 0 saturated heterocycles. The van der Waals surface area contributed by atoms with Gasteiger partial charge in [0, 0.05) is 19.2 Å². The minimum atomic E-state index is -3.74. The lowest BCUT2D eigenvalue weighted by molar-refractivity contribution is 0.0983. The van der Waals surface area contributed by atoms with E-state index < -0.39 is 10.0 Å². The number of aromatic nitrogens is 1. The van der Waals surface area contributed by atoms with Gasteiger partial charge in [-0.25, -0.2) is 13.4 Å². The van der Waals surface area contributed by atoms with E-state index in [1.165, 1.54) is 27.8 Å². The topological polar surface area (TPSA) is 83.7 Å². The first-order valence-electron chi connectivity index (χ1n) is 12.6. The molecule has 39 heavy (non-hydrogen) atoms. The van der Waals surface area contributed by atoms with E-state index in [4.69, 9.17) is 9.40 Å². The lowest BCUT2D eigenvalue weighted by Crippen LogP contribution is -2.30. The van der Waals surface area contributed by atoms with Crippen molar-refractivity contribution < 1.29 is 17.6 Å². The fourth-order valence-corrected chi connectivity index (χ4v) is 6.51. The summed E-state index contributed by atoms with van der Waals surface area (Å²) in [5.41, 5.74) is 3.25. The Kier molecular flexibility index (Phi) is 7.65. The molecule has 5 aromatic rings. The Labute approximate surface area is 232 Å². The second kappa shape index (κ2) is 11.1. The number of thiazole rings is 1. The van der Waals surface area contributed by atoms with Crippen molar-refractivity contribution in [1.29, 1.82) is 0 Å². The third kappa shape index (κ3) is 5.66. The van der Waals surface area contributed by atoms with E-state index >= 15 is 0 Å². The predicted octanol–water partition coefficient (Wildman–Crippen LogP) is 6.68. The zero-order chi connectivity index (χ0) is 27.6. The molecule has 3 aromatic carbocycles. The largest absolute Gasteiger partial charge is 0.467 e. The molecule has 9 heteroatoms. The molecule has 0 N–H and O–H groups in total. The number of amides is 1. The molecule has 0 spiro atoms. The molecular weight excluding hydrogens is 530 g/mol. The third-order valence-corrected chi connectivity index (χ3v) is 9.35. The molecule has 2 heterocycles. The van der Waals surface area contributed by atoms with Gasteiger partial charge >= 0.3 is 0 Å². The van der Waals surface area contributed by atoms with Crippen LogP contribution in [0.5, 0.6) is 0 Å². The zero-order valence-corrected chi connectivity index (χ0v) is 23.6. The first-order valence-corrected chi connectivity index (χ1v) is 14.8. The average Bonchev–Trinajstić information content (AvgIpc) is 3.61. The number of para-hydroxylation sites is 1. The van der Waals surface area contributed by atoms with Crippen LogP contribution in [-0.4, -0.2) is 30.7 Å². The van der Waals surface area contributed by atoms with E-state index in [1.807, 2.05) is 48.5 Å². The van der Waals surface area contributed by atoms with Crippen LogP contribution in [0, 0.1) is 0 Å². The number of carbonyl (C=O) groups excluding carboxylic acids is 1. The first-order chi connectivity index (χ1) is 18.7. The van der Waals surface area contributed by atoms with Crippen molar-refractivity contribution in [2.75, 3.05) is 11.9 Å². The Morgan fingerprint density at radius 2 is 1.67 bits per heavy atom. The number of rotatable bonds is 9. The molecule has 0 aliphatic rings. The highest BCUT2D eigenvalue weighted by atomic mass is 32.2. The fraction of sp³-hybridized carbons (Fsp3) is 0.200. The van der Waals surface area contributed by atoms with Crippen molar-refractivity contribution in [3.63, 3.8) is 0 Å². The molecule has 0 bridgehead atoms. The van der Waals surface area contributed by atoms with Gasteiger partial charge in [-0.3, -0.25) is 9.69 Å². The van der Waals surface area contributed by atoms with Crippen molar-refractivity contribution in [2.45, 2.75) is 37.8 Å². The summed E-state index contributed by atoms with van der Waals surface area (Å²) in [5, 5.41) is 0.554. The van der Waals surface area contributed by atoms with Crippen molar-refractivity contribution >= 4 is 42.6 Å². The van der Waals surface area contributed by atoms with Crippen LogP contribution in [0.25, 0.3) is 10.2 Å². The van der Waals surface area contributed by atoms with Crippen LogP contribution in [0.3, 0.4) is 0 Å². The van der Waals surface area contributed by atoms with Gasteiger partial charge in [-0.15, -0.1) is 0 Å². The summed E-state index contributed by atoms with van der Waals surface area (Å²) in [5.74, 6) is 0.610. The number of nitrogens with zero attached hydrogens (tertiary/aromatic N) is 3. The van der Waals surface area contributed by atoms with E-state index in [0.29, 0.717) is 16.5 Å². The minimum Gasteiger partial charge on any atom is -0.467 e. The number of anilines is 1. The van der Waals surface area contributed by atoms with Gasteiger partial charge in [0.05, 0.1) is 27.9 Å². The fourth-order valence-electron chi connectivity index (χ4n) is 4.35. The van der Waals surface area contributed by atoms with Crippen LogP contribution < -0.4 is 4.90 Å². The van der Waals surface area contributed by atoms with Gasteiger partial charge in [-0.05, 0) is 59.5 Å². The van der Waals surface area contributed by atoms with Gasteiger partial charge in [0.1, 0.15) is 5.76 Å². The van der Waals surface area contributed by atoms with Crippen LogP contribution in [0.15, 0.2) is 101 Å². The summed E-state index contributed by atoms with van der Waals surface area (Å²) in [7, 11) is -2.19. The molecule has 0 unspecified atom stereocenters. The van der Waals surface area contributed by atoms with Crippen LogP contribution in [-0.2, 0) is 23.1 Å². The minimum absolute atomic E-state index is 0.122. The Hall–Kier alpha value is -3.79. The van der Waals surface area contributed by atoms with Crippen molar-refractivity contribution in [3.8, 4) is 0 Å². The van der Waals surface area contributed by atoms with Gasteiger partial charge in [-0.2, -0.15) is 4.31 Å². The SMILES string of the molecule is CC(C)c1cccc2sc(N(Cc3ccco3)C(=O)c3ccc(S(=O)(=O)N(C)Cc4ccccc4)cc3)nc12. The van der Waals surface area contributed by atoms with E-state index in [2.05, 4.69) is 19.9 Å². The van der Waals surface area contributed by atoms with Gasteiger partial charge in [0.25, 0.3) is 5.91 Å². The van der Waals surface area contributed by atoms with E-state index in [1.54, 1.807) is 36.4 Å². The predicted molar refractivity (Wildman–Crippen MR) is 154 cm³/mol. The molecule has 1 amide bonds. The first kappa shape index (κ1) is 26.8. The van der Waals surface area contributed by atoms with E-state index in [-0.39, 0.29) is 29.8 Å². The Morgan fingerprint density at radius 1 is 0.923 bits per heavy atom. The van der Waals surface area contributed by atoms with Gasteiger partial charge < -0.3 is 4.42 Å². The molecule has 0 atom stereocenters. The second-order valence-corrected chi connectivity index (χ2v) is 12.6. The normalized spacial score (nSPS) is 11.9. The number of carbonyl (C=O) groups is 1. The van der Waals surface area contributed by atoms with Crippen LogP contribution in [0.2, 0.25) is 0 Å². The summed E-state index contributed by atoms with van der Waals surface area (Å²) in [6.07, 6.45) is 1.57. The Bertz CT molecular complexity index is 1680. The Morgan fingerprint density at radius 3 is 2.33 bits per heavy atom. The lowest BCUT2D eigenvalue weighted by atomic mass is 10.0. The summed E-state index contributed by atoms with van der Waals surface area (Å²) >= 11 is 1.44. The molecule has 2 aromatic heterocycles. The molecule has 5 rings (SSSR count). The molecule has 0 aliphatic heterocycles. The number of benzene rings is 3. The number of sulfonamides is 1. The van der Waals surface area contributed by atoms with Crippen LogP contribution in [0.4, 0.5) is 5.13 Å². The summed E-state index contributed by atoms with van der Waals surface area (Å²) < 4.78 is 34.2. The molecule has 0 saturated carbocycles. The molecule has 0 fully saturated rings. The lowest BCUT2D eigenvalue weighted by Gasteiger charge is -2.20. The average molecular weight is 560 g/mol. The van der Waals surface area contributed by atoms with Gasteiger partial charge in [0.2, 0.25) is 10.0 Å². The third-order valence-electron chi connectivity index (χ3n) is 6.49. The molecule has 7 nitrogen and oxygen atoms in total. The number of fused-ring (bicyclic) bond motifs is 1. The van der Waals surface area contributed by atoms with Crippen LogP contribution >= 0.6 is 11.3 Å². The summed E-state index contributed by atoms with van der Waals surface area (Å²) in [4.78, 5) is 20.4. The summed E-state index contributed by atoms with van der Waals surface area (Å²) in [6, 6.07) is 25.1. The molecular formula is C30H29N3O4S2. The molecule has 0 aliphatic carbocycles.